The molecule has 0 spiro atoms. The third-order valence-electron chi connectivity index (χ3n) is 3.50. The minimum Gasteiger partial charge on any atom is -0.387 e. The number of rotatable bonds is 3. The zero-order valence-electron chi connectivity index (χ0n) is 8.66. The monoisotopic (exact) mass is 222 g/mol. The molecule has 0 aliphatic heterocycles. The summed E-state index contributed by atoms with van der Waals surface area (Å²) in [7, 11) is -0.995. The number of thioether (sulfide) groups is 1. The van der Waals surface area contributed by atoms with Crippen LogP contribution in [0, 0.1) is 5.92 Å². The quantitative estimate of drug-likeness (QED) is 0.788. The van der Waals surface area contributed by atoms with Gasteiger partial charge in [0.2, 0.25) is 0 Å². The van der Waals surface area contributed by atoms with E-state index in [0.29, 0.717) is 0 Å². The lowest BCUT2D eigenvalue weighted by Crippen LogP contribution is -2.61. The zero-order valence-corrected chi connectivity index (χ0v) is 10.3. The standard InChI is InChI=1S/C9H18O2S2/c1-7-5-6-9(7,10)8(2,12-3)13(4)11/h7,10H,5-6H2,1-4H3. The van der Waals surface area contributed by atoms with Crippen LogP contribution in [0.2, 0.25) is 0 Å². The van der Waals surface area contributed by atoms with Crippen LogP contribution in [0.1, 0.15) is 26.7 Å². The smallest absolute Gasteiger partial charge is 0.116 e. The van der Waals surface area contributed by atoms with Gasteiger partial charge >= 0.3 is 0 Å². The van der Waals surface area contributed by atoms with E-state index >= 15 is 0 Å². The first kappa shape index (κ1) is 11.5. The molecular formula is C9H18O2S2. The van der Waals surface area contributed by atoms with E-state index in [1.165, 1.54) is 11.8 Å². The normalized spacial score (nSPS) is 40.5. The predicted octanol–water partition coefficient (Wildman–Crippen LogP) is 1.61. The van der Waals surface area contributed by atoms with Crippen molar-refractivity contribution in [1.29, 1.82) is 0 Å². The highest BCUT2D eigenvalue weighted by Crippen LogP contribution is 2.52. The topological polar surface area (TPSA) is 37.3 Å². The average molecular weight is 222 g/mol. The molecule has 4 heteroatoms. The van der Waals surface area contributed by atoms with Crippen molar-refractivity contribution in [3.63, 3.8) is 0 Å². The van der Waals surface area contributed by atoms with Gasteiger partial charge in [0.25, 0.3) is 0 Å². The summed E-state index contributed by atoms with van der Waals surface area (Å²) in [6.45, 7) is 3.94. The van der Waals surface area contributed by atoms with Crippen molar-refractivity contribution in [2.24, 2.45) is 5.92 Å². The van der Waals surface area contributed by atoms with Gasteiger partial charge in [0.1, 0.15) is 4.08 Å². The van der Waals surface area contributed by atoms with E-state index in [1.54, 1.807) is 6.26 Å². The van der Waals surface area contributed by atoms with Gasteiger partial charge in [-0.2, -0.15) is 0 Å². The lowest BCUT2D eigenvalue weighted by atomic mass is 9.68. The number of hydrogen-bond acceptors (Lipinski definition) is 3. The van der Waals surface area contributed by atoms with Crippen LogP contribution in [0.15, 0.2) is 0 Å². The van der Waals surface area contributed by atoms with Gasteiger partial charge in [0, 0.05) is 17.1 Å². The third-order valence-corrected chi connectivity index (χ3v) is 7.29. The Labute approximate surface area is 86.9 Å². The molecule has 1 N–H and O–H groups in total. The molecule has 78 valence electrons. The first-order valence-corrected chi connectivity index (χ1v) is 7.28. The van der Waals surface area contributed by atoms with E-state index in [9.17, 15) is 9.32 Å². The Morgan fingerprint density at radius 2 is 2.23 bits per heavy atom. The maximum atomic E-state index is 11.6. The molecule has 0 bridgehead atoms. The van der Waals surface area contributed by atoms with Gasteiger partial charge in [0.05, 0.1) is 5.60 Å². The molecule has 13 heavy (non-hydrogen) atoms. The summed E-state index contributed by atoms with van der Waals surface area (Å²) < 4.78 is 11.1. The van der Waals surface area contributed by atoms with Crippen molar-refractivity contribution in [1.82, 2.24) is 0 Å². The van der Waals surface area contributed by atoms with Gasteiger partial charge in [-0.05, 0) is 31.9 Å². The minimum absolute atomic E-state index is 0.272. The highest BCUT2D eigenvalue weighted by Gasteiger charge is 2.57. The summed E-state index contributed by atoms with van der Waals surface area (Å²) in [5.41, 5.74) is -0.730. The Morgan fingerprint density at radius 3 is 2.31 bits per heavy atom. The molecule has 1 aliphatic carbocycles. The summed E-state index contributed by atoms with van der Waals surface area (Å²) in [5.74, 6) is 0.272. The Hall–Kier alpha value is 0.460. The van der Waals surface area contributed by atoms with E-state index in [0.717, 1.165) is 12.8 Å². The van der Waals surface area contributed by atoms with Crippen LogP contribution >= 0.6 is 11.8 Å². The average Bonchev–Trinajstić information content (AvgIpc) is 2.12. The van der Waals surface area contributed by atoms with E-state index < -0.39 is 20.5 Å². The molecule has 0 aromatic carbocycles. The predicted molar refractivity (Wildman–Crippen MR) is 59.3 cm³/mol. The summed E-state index contributed by atoms with van der Waals surface area (Å²) >= 11 is 1.52. The minimum atomic E-state index is -0.995. The molecule has 2 nitrogen and oxygen atoms in total. The second kappa shape index (κ2) is 3.55. The Kier molecular flexibility index (Phi) is 3.15. The second-order valence-corrected chi connectivity index (χ2v) is 7.18. The van der Waals surface area contributed by atoms with E-state index in [4.69, 9.17) is 0 Å². The molecule has 0 radical (unpaired) electrons. The summed E-state index contributed by atoms with van der Waals surface area (Å²) in [6.07, 6.45) is 5.43. The maximum absolute atomic E-state index is 11.6. The fourth-order valence-electron chi connectivity index (χ4n) is 1.92. The zero-order chi connectivity index (χ0) is 10.3. The molecule has 1 aliphatic rings. The van der Waals surface area contributed by atoms with Crippen LogP contribution in [0.3, 0.4) is 0 Å². The van der Waals surface area contributed by atoms with E-state index in [-0.39, 0.29) is 5.92 Å². The van der Waals surface area contributed by atoms with Gasteiger partial charge in [-0.3, -0.25) is 4.21 Å². The van der Waals surface area contributed by atoms with Gasteiger partial charge < -0.3 is 5.11 Å². The van der Waals surface area contributed by atoms with Crippen LogP contribution < -0.4 is 0 Å². The van der Waals surface area contributed by atoms with Gasteiger partial charge in [0.15, 0.2) is 0 Å². The van der Waals surface area contributed by atoms with Crippen LogP contribution in [-0.2, 0) is 10.8 Å². The van der Waals surface area contributed by atoms with Crippen molar-refractivity contribution in [2.75, 3.05) is 12.5 Å². The Morgan fingerprint density at radius 1 is 1.69 bits per heavy atom. The molecule has 4 unspecified atom stereocenters. The maximum Gasteiger partial charge on any atom is 0.116 e. The molecular weight excluding hydrogens is 204 g/mol. The lowest BCUT2D eigenvalue weighted by Gasteiger charge is -2.53. The lowest BCUT2D eigenvalue weighted by molar-refractivity contribution is -0.0919. The van der Waals surface area contributed by atoms with Crippen LogP contribution in [-0.4, -0.2) is 31.5 Å². The van der Waals surface area contributed by atoms with E-state index in [2.05, 4.69) is 0 Å². The van der Waals surface area contributed by atoms with Crippen molar-refractivity contribution < 1.29 is 9.32 Å². The molecule has 1 saturated carbocycles. The first-order valence-electron chi connectivity index (χ1n) is 4.49. The number of aliphatic hydroxyl groups is 1. The third kappa shape index (κ3) is 1.47. The molecule has 0 heterocycles. The van der Waals surface area contributed by atoms with Crippen molar-refractivity contribution in [3.05, 3.63) is 0 Å². The molecule has 0 saturated heterocycles. The van der Waals surface area contributed by atoms with Gasteiger partial charge in [-0.1, -0.05) is 6.92 Å². The fourth-order valence-corrected chi connectivity index (χ4v) is 4.32. The summed E-state index contributed by atoms with van der Waals surface area (Å²) in [5, 5.41) is 10.4. The largest absolute Gasteiger partial charge is 0.387 e. The highest BCUT2D eigenvalue weighted by molar-refractivity contribution is 8.12. The van der Waals surface area contributed by atoms with Crippen molar-refractivity contribution in [3.8, 4) is 0 Å². The van der Waals surface area contributed by atoms with E-state index in [1.807, 2.05) is 20.1 Å². The molecule has 1 rings (SSSR count). The molecule has 4 atom stereocenters. The van der Waals surface area contributed by atoms with Gasteiger partial charge in [-0.25, -0.2) is 0 Å². The molecule has 0 amide bonds. The summed E-state index contributed by atoms with van der Waals surface area (Å²) in [4.78, 5) is 0. The van der Waals surface area contributed by atoms with Crippen LogP contribution in [0.5, 0.6) is 0 Å². The Bertz CT molecular complexity index is 232. The molecule has 0 aromatic heterocycles. The SMILES string of the molecule is CSC(C)(S(C)=O)C1(O)CCC1C. The van der Waals surface area contributed by atoms with Crippen LogP contribution in [0.4, 0.5) is 0 Å². The second-order valence-electron chi connectivity index (χ2n) is 3.97. The van der Waals surface area contributed by atoms with Crippen molar-refractivity contribution in [2.45, 2.75) is 36.4 Å². The highest BCUT2D eigenvalue weighted by atomic mass is 32.2. The van der Waals surface area contributed by atoms with Crippen molar-refractivity contribution >= 4 is 22.6 Å². The molecule has 0 aromatic rings. The first-order chi connectivity index (χ1) is 5.88. The van der Waals surface area contributed by atoms with Crippen LogP contribution in [0.25, 0.3) is 0 Å². The summed E-state index contributed by atoms with van der Waals surface area (Å²) in [6, 6.07) is 0. The van der Waals surface area contributed by atoms with Gasteiger partial charge in [-0.15, -0.1) is 11.8 Å². The molecule has 1 fully saturated rings. The Balaban J connectivity index is 2.94. The number of hydrogen-bond donors (Lipinski definition) is 1. The fraction of sp³-hybridized carbons (Fsp3) is 1.00.